The van der Waals surface area contributed by atoms with Gasteiger partial charge in [-0.25, -0.2) is 9.18 Å². The van der Waals surface area contributed by atoms with Gasteiger partial charge in [0.2, 0.25) is 0 Å². The third-order valence-corrected chi connectivity index (χ3v) is 4.72. The van der Waals surface area contributed by atoms with Gasteiger partial charge in [0.25, 0.3) is 5.91 Å². The summed E-state index contributed by atoms with van der Waals surface area (Å²) in [6.45, 7) is 0. The second-order valence-electron chi connectivity index (χ2n) is 7.06. The highest BCUT2D eigenvalue weighted by Gasteiger charge is 2.21. The highest BCUT2D eigenvalue weighted by molar-refractivity contribution is 6.07. The second-order valence-corrected chi connectivity index (χ2v) is 7.06. The Kier molecular flexibility index (Phi) is 5.65. The number of benzene rings is 1. The molecule has 4 rings (SSSR count). The lowest BCUT2D eigenvalue weighted by molar-refractivity contribution is 0.0601. The summed E-state index contributed by atoms with van der Waals surface area (Å²) in [4.78, 5) is 24.8. The molecule has 0 bridgehead atoms. The molecule has 0 spiro atoms. The van der Waals surface area contributed by atoms with E-state index in [9.17, 15) is 14.0 Å². The van der Waals surface area contributed by atoms with Crippen molar-refractivity contribution in [3.8, 4) is 23.7 Å². The van der Waals surface area contributed by atoms with Gasteiger partial charge in [-0.1, -0.05) is 11.8 Å². The predicted octanol–water partition coefficient (Wildman–Crippen LogP) is 3.08. The standard InChI is InChI=1S/C23H16FN5O3/c1-32-23(31)17-11-18(24)16(5-4-14-2-3-14)10-20(17)26-22(30)19-6-7-21(28-27-19)29-9-8-15(12-25)13-29/h6-11,13-14H,2-3H2,1H3,(H,26,30). The van der Waals surface area contributed by atoms with Crippen LogP contribution in [-0.4, -0.2) is 33.8 Å². The van der Waals surface area contributed by atoms with E-state index in [1.807, 2.05) is 6.07 Å². The molecular formula is C23H16FN5O3. The molecule has 158 valence electrons. The molecule has 2 heterocycles. The number of amides is 1. The molecule has 1 fully saturated rings. The van der Waals surface area contributed by atoms with Gasteiger partial charge in [0, 0.05) is 18.3 Å². The minimum Gasteiger partial charge on any atom is -0.465 e. The molecule has 3 aromatic rings. The van der Waals surface area contributed by atoms with Crippen molar-refractivity contribution < 1.29 is 18.7 Å². The Morgan fingerprint density at radius 1 is 1.25 bits per heavy atom. The van der Waals surface area contributed by atoms with Crippen LogP contribution < -0.4 is 5.32 Å². The molecule has 0 radical (unpaired) electrons. The molecule has 0 aliphatic heterocycles. The van der Waals surface area contributed by atoms with Gasteiger partial charge in [-0.05, 0) is 43.2 Å². The number of carbonyl (C=O) groups is 2. The fourth-order valence-corrected chi connectivity index (χ4v) is 2.83. The van der Waals surface area contributed by atoms with Gasteiger partial charge in [0.15, 0.2) is 11.5 Å². The first-order chi connectivity index (χ1) is 15.5. The topological polar surface area (TPSA) is 110 Å². The number of halogens is 1. The van der Waals surface area contributed by atoms with E-state index < -0.39 is 17.7 Å². The molecule has 2 aromatic heterocycles. The van der Waals surface area contributed by atoms with E-state index in [4.69, 9.17) is 10.00 Å². The van der Waals surface area contributed by atoms with E-state index in [-0.39, 0.29) is 28.4 Å². The summed E-state index contributed by atoms with van der Waals surface area (Å²) in [6, 6.07) is 8.93. The van der Waals surface area contributed by atoms with E-state index in [1.54, 1.807) is 29.1 Å². The van der Waals surface area contributed by atoms with Crippen LogP contribution in [0.5, 0.6) is 0 Å². The molecule has 9 heteroatoms. The Hall–Kier alpha value is -4.50. The molecule has 1 aliphatic rings. The van der Waals surface area contributed by atoms with E-state index in [2.05, 4.69) is 27.4 Å². The van der Waals surface area contributed by atoms with E-state index in [0.29, 0.717) is 11.4 Å². The Morgan fingerprint density at radius 3 is 2.69 bits per heavy atom. The molecule has 0 atom stereocenters. The lowest BCUT2D eigenvalue weighted by Crippen LogP contribution is -2.18. The number of methoxy groups -OCH3 is 1. The van der Waals surface area contributed by atoms with Crippen LogP contribution in [0.2, 0.25) is 0 Å². The quantitative estimate of drug-likeness (QED) is 0.504. The fraction of sp³-hybridized carbons (Fsp3) is 0.174. The number of esters is 1. The van der Waals surface area contributed by atoms with Crippen LogP contribution in [0.25, 0.3) is 5.82 Å². The average molecular weight is 429 g/mol. The van der Waals surface area contributed by atoms with Gasteiger partial charge in [-0.2, -0.15) is 5.26 Å². The molecule has 0 unspecified atom stereocenters. The summed E-state index contributed by atoms with van der Waals surface area (Å²) in [7, 11) is 1.16. The molecule has 1 saturated carbocycles. The van der Waals surface area contributed by atoms with Crippen molar-refractivity contribution in [2.24, 2.45) is 5.92 Å². The van der Waals surface area contributed by atoms with Crippen molar-refractivity contribution in [1.82, 2.24) is 14.8 Å². The van der Waals surface area contributed by atoms with Crippen LogP contribution in [0, 0.1) is 34.9 Å². The Labute approximate surface area is 182 Å². The molecule has 1 amide bonds. The van der Waals surface area contributed by atoms with Gasteiger partial charge >= 0.3 is 5.97 Å². The summed E-state index contributed by atoms with van der Waals surface area (Å²) in [5.74, 6) is 4.26. The predicted molar refractivity (Wildman–Crippen MR) is 111 cm³/mol. The monoisotopic (exact) mass is 429 g/mol. The number of rotatable bonds is 4. The molecule has 8 nitrogen and oxygen atoms in total. The van der Waals surface area contributed by atoms with Gasteiger partial charge in [-0.15, -0.1) is 10.2 Å². The normalized spacial score (nSPS) is 12.3. The Morgan fingerprint density at radius 2 is 2.06 bits per heavy atom. The number of carbonyl (C=O) groups excluding carboxylic acids is 2. The maximum Gasteiger partial charge on any atom is 0.340 e. The van der Waals surface area contributed by atoms with Crippen molar-refractivity contribution in [3.63, 3.8) is 0 Å². The maximum absolute atomic E-state index is 14.4. The Balaban J connectivity index is 1.60. The van der Waals surface area contributed by atoms with Crippen molar-refractivity contribution in [2.75, 3.05) is 12.4 Å². The summed E-state index contributed by atoms with van der Waals surface area (Å²) >= 11 is 0. The lowest BCUT2D eigenvalue weighted by Gasteiger charge is -2.11. The fourth-order valence-electron chi connectivity index (χ4n) is 2.83. The summed E-state index contributed by atoms with van der Waals surface area (Å²) in [5, 5.41) is 19.4. The van der Waals surface area contributed by atoms with Crippen molar-refractivity contribution in [2.45, 2.75) is 12.8 Å². The van der Waals surface area contributed by atoms with Crippen LogP contribution in [0.3, 0.4) is 0 Å². The molecule has 1 N–H and O–H groups in total. The van der Waals surface area contributed by atoms with Crippen LogP contribution >= 0.6 is 0 Å². The smallest absolute Gasteiger partial charge is 0.340 e. The largest absolute Gasteiger partial charge is 0.465 e. The molecular weight excluding hydrogens is 413 g/mol. The average Bonchev–Trinajstić information content (AvgIpc) is 3.52. The SMILES string of the molecule is COC(=O)c1cc(F)c(C#CC2CC2)cc1NC(=O)c1ccc(-n2ccc(C#N)c2)nn1. The summed E-state index contributed by atoms with van der Waals surface area (Å²) in [6.07, 6.45) is 5.19. The third kappa shape index (κ3) is 4.47. The van der Waals surface area contributed by atoms with Gasteiger partial charge in [0.1, 0.15) is 11.9 Å². The number of nitrogens with zero attached hydrogens (tertiary/aromatic N) is 4. The summed E-state index contributed by atoms with van der Waals surface area (Å²) in [5.41, 5.74) is 0.421. The third-order valence-electron chi connectivity index (χ3n) is 4.72. The molecule has 1 aromatic carbocycles. The van der Waals surface area contributed by atoms with E-state index in [0.717, 1.165) is 26.0 Å². The first-order valence-electron chi connectivity index (χ1n) is 9.65. The van der Waals surface area contributed by atoms with Crippen molar-refractivity contribution >= 4 is 17.6 Å². The van der Waals surface area contributed by atoms with Crippen molar-refractivity contribution in [1.29, 1.82) is 5.26 Å². The highest BCUT2D eigenvalue weighted by Crippen LogP contribution is 2.28. The number of hydrogen-bond donors (Lipinski definition) is 1. The van der Waals surface area contributed by atoms with Gasteiger partial charge < -0.3 is 14.6 Å². The zero-order valence-corrected chi connectivity index (χ0v) is 16.9. The number of anilines is 1. The van der Waals surface area contributed by atoms with Crippen LogP contribution in [0.1, 0.15) is 44.8 Å². The summed E-state index contributed by atoms with van der Waals surface area (Å²) < 4.78 is 20.7. The van der Waals surface area contributed by atoms with E-state index in [1.165, 1.54) is 12.1 Å². The van der Waals surface area contributed by atoms with Crippen LogP contribution in [0.15, 0.2) is 42.7 Å². The van der Waals surface area contributed by atoms with Gasteiger partial charge in [0.05, 0.1) is 29.5 Å². The first-order valence-corrected chi connectivity index (χ1v) is 9.65. The van der Waals surface area contributed by atoms with Crippen LogP contribution in [-0.2, 0) is 4.74 Å². The zero-order valence-electron chi connectivity index (χ0n) is 16.9. The number of aromatic nitrogens is 3. The van der Waals surface area contributed by atoms with Crippen molar-refractivity contribution in [3.05, 3.63) is 70.9 Å². The highest BCUT2D eigenvalue weighted by atomic mass is 19.1. The first kappa shape index (κ1) is 20.8. The van der Waals surface area contributed by atoms with Crippen LogP contribution in [0.4, 0.5) is 10.1 Å². The number of nitrogens with one attached hydrogen (secondary N) is 1. The van der Waals surface area contributed by atoms with E-state index >= 15 is 0 Å². The molecule has 0 saturated heterocycles. The Bertz CT molecular complexity index is 1310. The number of hydrogen-bond acceptors (Lipinski definition) is 6. The minimum absolute atomic E-state index is 0.0211. The second kappa shape index (κ2) is 8.70. The molecule has 1 aliphatic carbocycles. The zero-order chi connectivity index (χ0) is 22.7. The number of ether oxygens (including phenoxy) is 1. The lowest BCUT2D eigenvalue weighted by atomic mass is 10.1. The van der Waals surface area contributed by atoms with Gasteiger partial charge in [-0.3, -0.25) is 4.79 Å². The maximum atomic E-state index is 14.4. The minimum atomic E-state index is -0.803. The number of nitriles is 1. The molecule has 32 heavy (non-hydrogen) atoms.